The van der Waals surface area contributed by atoms with E-state index in [1.807, 2.05) is 31.2 Å². The molecule has 0 unspecified atom stereocenters. The van der Waals surface area contributed by atoms with E-state index in [-0.39, 0.29) is 16.1 Å². The van der Waals surface area contributed by atoms with Crippen LogP contribution in [-0.4, -0.2) is 70.4 Å². The molecule has 0 saturated carbocycles. The third-order valence-electron chi connectivity index (χ3n) is 6.72. The SMILES string of the molecule is CCCn1c(=O)[nH]c2nc(-c3ccc(S(=O)(=O)N4CCN(Cc5cccc(OC)c5)CC4)cc3)[nH]c2c1=O. The van der Waals surface area contributed by atoms with Crippen molar-refractivity contribution >= 4 is 21.2 Å². The largest absolute Gasteiger partial charge is 0.497 e. The fraction of sp³-hybridized carbons (Fsp3) is 0.346. The molecule has 0 spiro atoms. The number of imidazole rings is 1. The molecular weight excluding hydrogens is 508 g/mol. The molecule has 0 radical (unpaired) electrons. The van der Waals surface area contributed by atoms with E-state index in [1.165, 1.54) is 4.31 Å². The molecule has 0 atom stereocenters. The van der Waals surface area contributed by atoms with Crippen LogP contribution in [0.15, 0.2) is 63.0 Å². The third kappa shape index (κ3) is 5.02. The topological polar surface area (TPSA) is 133 Å². The molecule has 2 aromatic carbocycles. The number of hydrogen-bond donors (Lipinski definition) is 2. The summed E-state index contributed by atoms with van der Waals surface area (Å²) in [5.74, 6) is 1.17. The van der Waals surface area contributed by atoms with E-state index >= 15 is 0 Å². The Morgan fingerprint density at radius 3 is 2.42 bits per heavy atom. The number of aromatic amines is 2. The van der Waals surface area contributed by atoms with E-state index in [0.29, 0.717) is 50.5 Å². The number of hydrogen-bond acceptors (Lipinski definition) is 7. The summed E-state index contributed by atoms with van der Waals surface area (Å²) in [6, 6.07) is 14.2. The Morgan fingerprint density at radius 1 is 1.00 bits per heavy atom. The number of aromatic nitrogens is 4. The lowest BCUT2D eigenvalue weighted by molar-refractivity contribution is 0.181. The smallest absolute Gasteiger partial charge is 0.330 e. The van der Waals surface area contributed by atoms with Crippen molar-refractivity contribution in [3.63, 3.8) is 0 Å². The van der Waals surface area contributed by atoms with Crippen molar-refractivity contribution < 1.29 is 13.2 Å². The fourth-order valence-electron chi connectivity index (χ4n) is 4.67. The summed E-state index contributed by atoms with van der Waals surface area (Å²) in [4.78, 5) is 37.2. The van der Waals surface area contributed by atoms with Crippen LogP contribution < -0.4 is 16.0 Å². The quantitative estimate of drug-likeness (QED) is 0.351. The first kappa shape index (κ1) is 25.9. The lowest BCUT2D eigenvalue weighted by Crippen LogP contribution is -2.48. The summed E-state index contributed by atoms with van der Waals surface area (Å²) < 4.78 is 34.5. The van der Waals surface area contributed by atoms with E-state index in [1.54, 1.807) is 31.4 Å². The molecular formula is C26H30N6O5S. The van der Waals surface area contributed by atoms with Crippen LogP contribution in [0.4, 0.5) is 0 Å². The number of ether oxygens (including phenoxy) is 1. The molecule has 0 amide bonds. The Morgan fingerprint density at radius 2 is 1.74 bits per heavy atom. The summed E-state index contributed by atoms with van der Waals surface area (Å²) in [5.41, 5.74) is 1.16. The minimum atomic E-state index is -3.66. The van der Waals surface area contributed by atoms with Gasteiger partial charge in [0.05, 0.1) is 12.0 Å². The highest BCUT2D eigenvalue weighted by atomic mass is 32.2. The number of methoxy groups -OCH3 is 1. The van der Waals surface area contributed by atoms with Crippen molar-refractivity contribution in [2.75, 3.05) is 33.3 Å². The van der Waals surface area contributed by atoms with Gasteiger partial charge in [-0.3, -0.25) is 19.2 Å². The Balaban J connectivity index is 1.29. The monoisotopic (exact) mass is 538 g/mol. The first-order valence-electron chi connectivity index (χ1n) is 12.5. The number of piperazine rings is 1. The Labute approximate surface area is 219 Å². The Kier molecular flexibility index (Phi) is 7.19. The van der Waals surface area contributed by atoms with Crippen LogP contribution in [0.1, 0.15) is 18.9 Å². The van der Waals surface area contributed by atoms with Gasteiger partial charge in [0.2, 0.25) is 10.0 Å². The second-order valence-electron chi connectivity index (χ2n) is 9.25. The molecule has 200 valence electrons. The van der Waals surface area contributed by atoms with Gasteiger partial charge in [0, 0.05) is 44.8 Å². The number of nitrogens with zero attached hydrogens (tertiary/aromatic N) is 4. The zero-order valence-corrected chi connectivity index (χ0v) is 22.1. The van der Waals surface area contributed by atoms with Gasteiger partial charge in [0.25, 0.3) is 5.56 Å². The molecule has 3 heterocycles. The highest BCUT2D eigenvalue weighted by Gasteiger charge is 2.28. The zero-order valence-electron chi connectivity index (χ0n) is 21.3. The number of fused-ring (bicyclic) bond motifs is 1. The van der Waals surface area contributed by atoms with Crippen molar-refractivity contribution in [1.29, 1.82) is 0 Å². The number of H-pyrrole nitrogens is 2. The predicted octanol–water partition coefficient (Wildman–Crippen LogP) is 2.00. The van der Waals surface area contributed by atoms with E-state index in [2.05, 4.69) is 19.9 Å². The third-order valence-corrected chi connectivity index (χ3v) is 8.63. The fourth-order valence-corrected chi connectivity index (χ4v) is 6.09. The second-order valence-corrected chi connectivity index (χ2v) is 11.2. The number of benzene rings is 2. The summed E-state index contributed by atoms with van der Waals surface area (Å²) in [6.45, 7) is 4.96. The summed E-state index contributed by atoms with van der Waals surface area (Å²) in [6.07, 6.45) is 0.642. The van der Waals surface area contributed by atoms with Crippen LogP contribution in [-0.2, 0) is 23.1 Å². The molecule has 11 nitrogen and oxygen atoms in total. The van der Waals surface area contributed by atoms with E-state index < -0.39 is 21.3 Å². The van der Waals surface area contributed by atoms with Gasteiger partial charge in [-0.15, -0.1) is 0 Å². The maximum absolute atomic E-state index is 13.3. The lowest BCUT2D eigenvalue weighted by Gasteiger charge is -2.34. The molecule has 38 heavy (non-hydrogen) atoms. The molecule has 1 fully saturated rings. The maximum Gasteiger partial charge on any atom is 0.330 e. The van der Waals surface area contributed by atoms with E-state index in [9.17, 15) is 18.0 Å². The first-order valence-corrected chi connectivity index (χ1v) is 13.9. The second kappa shape index (κ2) is 10.6. The van der Waals surface area contributed by atoms with Crippen molar-refractivity contribution in [2.45, 2.75) is 31.3 Å². The average Bonchev–Trinajstić information content (AvgIpc) is 3.36. The van der Waals surface area contributed by atoms with Crippen LogP contribution in [0.3, 0.4) is 0 Å². The van der Waals surface area contributed by atoms with Crippen LogP contribution >= 0.6 is 0 Å². The van der Waals surface area contributed by atoms with Crippen molar-refractivity contribution in [3.05, 3.63) is 74.9 Å². The van der Waals surface area contributed by atoms with Gasteiger partial charge in [-0.2, -0.15) is 4.31 Å². The Bertz CT molecular complexity index is 1670. The molecule has 2 N–H and O–H groups in total. The molecule has 2 aromatic heterocycles. The van der Waals surface area contributed by atoms with Gasteiger partial charge in [0.1, 0.15) is 17.1 Å². The number of rotatable bonds is 8. The van der Waals surface area contributed by atoms with Gasteiger partial charge in [-0.05, 0) is 48.4 Å². The molecule has 1 aliphatic heterocycles. The summed E-state index contributed by atoms with van der Waals surface area (Å²) in [5, 5.41) is 0. The minimum Gasteiger partial charge on any atom is -0.497 e. The number of sulfonamides is 1. The van der Waals surface area contributed by atoms with E-state index in [4.69, 9.17) is 4.74 Å². The van der Waals surface area contributed by atoms with Crippen molar-refractivity contribution in [3.8, 4) is 17.1 Å². The molecule has 5 rings (SSSR count). The molecule has 12 heteroatoms. The van der Waals surface area contributed by atoms with Crippen LogP contribution in [0.25, 0.3) is 22.6 Å². The molecule has 0 aliphatic carbocycles. The molecule has 4 aromatic rings. The van der Waals surface area contributed by atoms with Crippen molar-refractivity contribution in [1.82, 2.24) is 28.7 Å². The van der Waals surface area contributed by atoms with Gasteiger partial charge < -0.3 is 9.72 Å². The zero-order chi connectivity index (χ0) is 26.9. The van der Waals surface area contributed by atoms with Crippen LogP contribution in [0.2, 0.25) is 0 Å². The molecule has 0 bridgehead atoms. The van der Waals surface area contributed by atoms with Crippen LogP contribution in [0, 0.1) is 0 Å². The highest BCUT2D eigenvalue weighted by molar-refractivity contribution is 7.89. The first-order chi connectivity index (χ1) is 18.3. The molecule has 1 saturated heterocycles. The average molecular weight is 539 g/mol. The summed E-state index contributed by atoms with van der Waals surface area (Å²) in [7, 11) is -2.02. The standard InChI is InChI=1S/C26H30N6O5S/c1-3-11-32-25(33)22-24(29-26(32)34)28-23(27-22)19-7-9-21(10-8-19)38(35,36)31-14-12-30(13-15-31)17-18-5-4-6-20(16-18)37-2/h4-10,16H,3,11-15,17H2,1-2H3,(H,27,28)(H,29,34). The van der Waals surface area contributed by atoms with Crippen LogP contribution in [0.5, 0.6) is 5.75 Å². The summed E-state index contributed by atoms with van der Waals surface area (Å²) >= 11 is 0. The van der Waals surface area contributed by atoms with E-state index in [0.717, 1.165) is 22.4 Å². The molecule has 1 aliphatic rings. The van der Waals surface area contributed by atoms with Gasteiger partial charge >= 0.3 is 5.69 Å². The van der Waals surface area contributed by atoms with Gasteiger partial charge in [-0.1, -0.05) is 19.1 Å². The highest BCUT2D eigenvalue weighted by Crippen LogP contribution is 2.23. The minimum absolute atomic E-state index is 0.172. The van der Waals surface area contributed by atoms with Gasteiger partial charge in [0.15, 0.2) is 5.65 Å². The normalized spacial score (nSPS) is 15.2. The van der Waals surface area contributed by atoms with Gasteiger partial charge in [-0.25, -0.2) is 18.2 Å². The Hall–Kier alpha value is -3.74. The lowest BCUT2D eigenvalue weighted by atomic mass is 10.2. The van der Waals surface area contributed by atoms with Crippen molar-refractivity contribution in [2.24, 2.45) is 0 Å². The number of nitrogens with one attached hydrogen (secondary N) is 2. The predicted molar refractivity (Wildman–Crippen MR) is 144 cm³/mol. The maximum atomic E-state index is 13.3.